The highest BCUT2D eigenvalue weighted by molar-refractivity contribution is 7.98. The van der Waals surface area contributed by atoms with Crippen molar-refractivity contribution in [2.45, 2.75) is 39.3 Å². The van der Waals surface area contributed by atoms with Crippen LogP contribution in [0.15, 0.2) is 24.3 Å². The highest BCUT2D eigenvalue weighted by Crippen LogP contribution is 2.17. The predicted molar refractivity (Wildman–Crippen MR) is 93.1 cm³/mol. The number of hydrogen-bond acceptors (Lipinski definition) is 3. The maximum absolute atomic E-state index is 11.9. The average molecular weight is 309 g/mol. The van der Waals surface area contributed by atoms with E-state index in [1.54, 1.807) is 11.8 Å². The van der Waals surface area contributed by atoms with Gasteiger partial charge in [0.25, 0.3) is 0 Å². The molecule has 0 saturated carbocycles. The molecule has 4 nitrogen and oxygen atoms in total. The molecule has 0 saturated heterocycles. The second-order valence-corrected chi connectivity index (χ2v) is 6.17. The zero-order valence-electron chi connectivity index (χ0n) is 13.4. The Morgan fingerprint density at radius 1 is 1.33 bits per heavy atom. The standard InChI is InChI=1S/C16H27N3OS/c1-5-17-13(3)14-7-6-8-15(11-14)19-16(20)18-12(2)9-10-21-4/h6-8,11-13,17H,5,9-10H2,1-4H3,(H2,18,19,20). The van der Waals surface area contributed by atoms with Crippen LogP contribution in [0.4, 0.5) is 10.5 Å². The molecule has 0 heterocycles. The number of thioether (sulfide) groups is 1. The van der Waals surface area contributed by atoms with Crippen LogP contribution in [0.1, 0.15) is 38.8 Å². The summed E-state index contributed by atoms with van der Waals surface area (Å²) in [5.41, 5.74) is 2.00. The number of urea groups is 1. The lowest BCUT2D eigenvalue weighted by atomic mass is 10.1. The summed E-state index contributed by atoms with van der Waals surface area (Å²) in [6.07, 6.45) is 3.05. The molecule has 3 N–H and O–H groups in total. The maximum atomic E-state index is 11.9. The molecule has 0 aliphatic heterocycles. The van der Waals surface area contributed by atoms with Gasteiger partial charge >= 0.3 is 6.03 Å². The van der Waals surface area contributed by atoms with Crippen molar-refractivity contribution in [2.75, 3.05) is 23.9 Å². The number of benzene rings is 1. The first-order valence-electron chi connectivity index (χ1n) is 7.46. The van der Waals surface area contributed by atoms with Gasteiger partial charge in [-0.3, -0.25) is 0 Å². The molecule has 0 aromatic heterocycles. The number of carbonyl (C=O) groups is 1. The van der Waals surface area contributed by atoms with Crippen molar-refractivity contribution in [3.05, 3.63) is 29.8 Å². The highest BCUT2D eigenvalue weighted by atomic mass is 32.2. The summed E-state index contributed by atoms with van der Waals surface area (Å²) >= 11 is 1.79. The smallest absolute Gasteiger partial charge is 0.319 e. The third kappa shape index (κ3) is 6.87. The third-order valence-electron chi connectivity index (χ3n) is 3.29. The van der Waals surface area contributed by atoms with Crippen molar-refractivity contribution in [3.8, 4) is 0 Å². The Kier molecular flexibility index (Phi) is 8.23. The molecule has 1 aromatic carbocycles. The summed E-state index contributed by atoms with van der Waals surface area (Å²) in [4.78, 5) is 11.9. The summed E-state index contributed by atoms with van der Waals surface area (Å²) < 4.78 is 0. The normalized spacial score (nSPS) is 13.5. The fourth-order valence-electron chi connectivity index (χ4n) is 2.07. The molecule has 0 radical (unpaired) electrons. The Balaban J connectivity index is 2.54. The van der Waals surface area contributed by atoms with Gasteiger partial charge in [0.2, 0.25) is 0 Å². The van der Waals surface area contributed by atoms with E-state index >= 15 is 0 Å². The molecular formula is C16H27N3OS. The molecule has 0 spiro atoms. The summed E-state index contributed by atoms with van der Waals surface area (Å²) in [6, 6.07) is 8.28. The topological polar surface area (TPSA) is 53.2 Å². The molecule has 2 atom stereocenters. The van der Waals surface area contributed by atoms with Gasteiger partial charge in [0.05, 0.1) is 0 Å². The van der Waals surface area contributed by atoms with Gasteiger partial charge in [0, 0.05) is 17.8 Å². The van der Waals surface area contributed by atoms with Gasteiger partial charge in [-0.1, -0.05) is 19.1 Å². The van der Waals surface area contributed by atoms with Crippen molar-refractivity contribution in [1.82, 2.24) is 10.6 Å². The third-order valence-corrected chi connectivity index (χ3v) is 3.93. The Morgan fingerprint density at radius 2 is 2.10 bits per heavy atom. The zero-order valence-corrected chi connectivity index (χ0v) is 14.2. The van der Waals surface area contributed by atoms with Crippen molar-refractivity contribution >= 4 is 23.5 Å². The lowest BCUT2D eigenvalue weighted by Gasteiger charge is -2.16. The van der Waals surface area contributed by atoms with Gasteiger partial charge in [-0.25, -0.2) is 4.79 Å². The summed E-state index contributed by atoms with van der Waals surface area (Å²) in [5, 5.41) is 9.23. The molecule has 0 aliphatic rings. The van der Waals surface area contributed by atoms with Crippen molar-refractivity contribution in [2.24, 2.45) is 0 Å². The van der Waals surface area contributed by atoms with Crippen molar-refractivity contribution in [3.63, 3.8) is 0 Å². The van der Waals surface area contributed by atoms with Gasteiger partial charge in [-0.05, 0) is 56.5 Å². The predicted octanol–water partition coefficient (Wildman–Crippen LogP) is 3.62. The molecule has 21 heavy (non-hydrogen) atoms. The SMILES string of the molecule is CCNC(C)c1cccc(NC(=O)NC(C)CCSC)c1. The van der Waals surface area contributed by atoms with E-state index in [9.17, 15) is 4.79 Å². The first-order valence-corrected chi connectivity index (χ1v) is 8.86. The number of nitrogens with one attached hydrogen (secondary N) is 3. The van der Waals surface area contributed by atoms with Gasteiger partial charge in [-0.15, -0.1) is 0 Å². The number of anilines is 1. The van der Waals surface area contributed by atoms with E-state index in [1.165, 1.54) is 5.56 Å². The molecule has 0 aliphatic carbocycles. The molecule has 118 valence electrons. The van der Waals surface area contributed by atoms with Crippen LogP contribution in [0.2, 0.25) is 0 Å². The molecular weight excluding hydrogens is 282 g/mol. The molecule has 0 fully saturated rings. The molecule has 1 rings (SSSR count). The van der Waals surface area contributed by atoms with E-state index < -0.39 is 0 Å². The van der Waals surface area contributed by atoms with Crippen LogP contribution in [0.25, 0.3) is 0 Å². The van der Waals surface area contributed by atoms with Gasteiger partial charge in [-0.2, -0.15) is 11.8 Å². The minimum Gasteiger partial charge on any atom is -0.335 e. The van der Waals surface area contributed by atoms with Crippen LogP contribution in [0.3, 0.4) is 0 Å². The van der Waals surface area contributed by atoms with Crippen LogP contribution in [0.5, 0.6) is 0 Å². The second kappa shape index (κ2) is 9.68. The van der Waals surface area contributed by atoms with Crippen LogP contribution < -0.4 is 16.0 Å². The summed E-state index contributed by atoms with van der Waals surface area (Å²) in [7, 11) is 0. The minimum absolute atomic E-state index is 0.142. The molecule has 1 aromatic rings. The van der Waals surface area contributed by atoms with E-state index in [0.29, 0.717) is 0 Å². The number of rotatable bonds is 8. The Morgan fingerprint density at radius 3 is 2.76 bits per heavy atom. The highest BCUT2D eigenvalue weighted by Gasteiger charge is 2.08. The Hall–Kier alpha value is -1.20. The summed E-state index contributed by atoms with van der Waals surface area (Å²) in [6.45, 7) is 7.15. The zero-order chi connectivity index (χ0) is 15.7. The van der Waals surface area contributed by atoms with E-state index in [4.69, 9.17) is 0 Å². The van der Waals surface area contributed by atoms with Gasteiger partial charge in [0.15, 0.2) is 0 Å². The number of amides is 2. The fraction of sp³-hybridized carbons (Fsp3) is 0.562. The molecule has 5 heteroatoms. The Labute approximate surface area is 132 Å². The minimum atomic E-state index is -0.142. The molecule has 2 unspecified atom stereocenters. The first kappa shape index (κ1) is 17.9. The van der Waals surface area contributed by atoms with E-state index in [-0.39, 0.29) is 18.1 Å². The quantitative estimate of drug-likeness (QED) is 0.687. The van der Waals surface area contributed by atoms with E-state index in [0.717, 1.165) is 24.4 Å². The van der Waals surface area contributed by atoms with Crippen molar-refractivity contribution < 1.29 is 4.79 Å². The average Bonchev–Trinajstić information content (AvgIpc) is 2.45. The maximum Gasteiger partial charge on any atom is 0.319 e. The van der Waals surface area contributed by atoms with E-state index in [2.05, 4.69) is 42.1 Å². The monoisotopic (exact) mass is 309 g/mol. The summed E-state index contributed by atoms with van der Waals surface area (Å²) in [5.74, 6) is 1.05. The van der Waals surface area contributed by atoms with Crippen molar-refractivity contribution in [1.29, 1.82) is 0 Å². The van der Waals surface area contributed by atoms with Gasteiger partial charge in [0.1, 0.15) is 0 Å². The van der Waals surface area contributed by atoms with Crippen LogP contribution in [0, 0.1) is 0 Å². The molecule has 0 bridgehead atoms. The number of hydrogen-bond donors (Lipinski definition) is 3. The lowest BCUT2D eigenvalue weighted by molar-refractivity contribution is 0.249. The first-order chi connectivity index (χ1) is 10.1. The molecule has 2 amide bonds. The fourth-order valence-corrected chi connectivity index (χ4v) is 2.66. The second-order valence-electron chi connectivity index (χ2n) is 5.19. The Bertz CT molecular complexity index is 439. The largest absolute Gasteiger partial charge is 0.335 e. The lowest BCUT2D eigenvalue weighted by Crippen LogP contribution is -2.36. The van der Waals surface area contributed by atoms with Crippen LogP contribution in [-0.4, -0.2) is 30.6 Å². The van der Waals surface area contributed by atoms with Crippen LogP contribution >= 0.6 is 11.8 Å². The number of carbonyl (C=O) groups excluding carboxylic acids is 1. The van der Waals surface area contributed by atoms with E-state index in [1.807, 2.05) is 25.1 Å². The van der Waals surface area contributed by atoms with Crippen LogP contribution in [-0.2, 0) is 0 Å². The van der Waals surface area contributed by atoms with Gasteiger partial charge < -0.3 is 16.0 Å².